The quantitative estimate of drug-likeness (QED) is 0.503. The molecule has 18 heavy (non-hydrogen) atoms. The first-order valence-electron chi connectivity index (χ1n) is 6.65. The first kappa shape index (κ1) is 18.1. The average Bonchev–Trinajstić information content (AvgIpc) is 2.13. The molecule has 0 bridgehead atoms. The van der Waals surface area contributed by atoms with Gasteiger partial charge < -0.3 is 18.6 Å². The summed E-state index contributed by atoms with van der Waals surface area (Å²) in [6.07, 6.45) is -0.0456. The van der Waals surface area contributed by atoms with Gasteiger partial charge in [0.15, 0.2) is 0 Å². The Labute approximate surface area is 115 Å². The topological polar surface area (TPSA) is 36.9 Å². The molecule has 5 heteroatoms. The van der Waals surface area contributed by atoms with Gasteiger partial charge in [-0.05, 0) is 55.4 Å². The minimum absolute atomic E-state index is 0.0152. The van der Waals surface area contributed by atoms with E-state index in [1.165, 1.54) is 0 Å². The lowest BCUT2D eigenvalue weighted by molar-refractivity contribution is -0.454. The summed E-state index contributed by atoms with van der Waals surface area (Å²) < 4.78 is 23.6. The van der Waals surface area contributed by atoms with Crippen LogP contribution in [0.3, 0.4) is 0 Å². The van der Waals surface area contributed by atoms with Gasteiger partial charge in [0.05, 0.1) is 18.3 Å². The normalized spacial score (nSPS) is 14.2. The first-order valence-corrected chi connectivity index (χ1v) is 7.46. The molecule has 0 N–H and O–H groups in total. The maximum atomic E-state index is 5.97. The Morgan fingerprint density at radius 1 is 0.722 bits per heavy atom. The summed E-state index contributed by atoms with van der Waals surface area (Å²) in [6.45, 7) is 15.7. The predicted molar refractivity (Wildman–Crippen MR) is 76.5 cm³/mol. The molecule has 110 valence electrons. The Morgan fingerprint density at radius 3 is 1.17 bits per heavy atom. The summed E-state index contributed by atoms with van der Waals surface area (Å²) in [6, 6.07) is 0. The van der Waals surface area contributed by atoms with Gasteiger partial charge in [0, 0.05) is 0 Å². The Balaban J connectivity index is 5.38. The number of rotatable bonds is 8. The highest BCUT2D eigenvalue weighted by atomic mass is 28.2. The molecule has 0 heterocycles. The second kappa shape index (κ2) is 7.00. The van der Waals surface area contributed by atoms with Crippen molar-refractivity contribution in [1.82, 2.24) is 0 Å². The Hall–Kier alpha value is 0.0569. The largest absolute Gasteiger partial charge is 0.415 e. The fourth-order valence-electron chi connectivity index (χ4n) is 1.56. The number of hydrogen-bond donors (Lipinski definition) is 0. The molecule has 0 aromatic heterocycles. The van der Waals surface area contributed by atoms with E-state index >= 15 is 0 Å². The van der Waals surface area contributed by atoms with Crippen molar-refractivity contribution in [2.75, 3.05) is 0 Å². The molecule has 0 rings (SSSR count). The van der Waals surface area contributed by atoms with Crippen molar-refractivity contribution < 1.29 is 18.6 Å². The molecule has 0 saturated heterocycles. The fraction of sp³-hybridized carbons (Fsp3) is 1.00. The van der Waals surface area contributed by atoms with Crippen LogP contribution in [0.4, 0.5) is 0 Å². The molecule has 0 aliphatic heterocycles. The van der Waals surface area contributed by atoms with E-state index in [1.807, 2.05) is 55.4 Å². The van der Waals surface area contributed by atoms with Crippen LogP contribution in [0.1, 0.15) is 55.4 Å². The van der Waals surface area contributed by atoms with E-state index in [1.54, 1.807) is 0 Å². The molecule has 0 atom stereocenters. The molecule has 0 aromatic rings. The van der Waals surface area contributed by atoms with Gasteiger partial charge >= 0.3 is 5.97 Å². The summed E-state index contributed by atoms with van der Waals surface area (Å²) in [5.74, 6) is -1.18. The summed E-state index contributed by atoms with van der Waals surface area (Å²) in [7, 11) is 0.589. The number of hydrogen-bond acceptors (Lipinski definition) is 4. The summed E-state index contributed by atoms with van der Waals surface area (Å²) in [5, 5.41) is 0. The van der Waals surface area contributed by atoms with Crippen LogP contribution in [0.15, 0.2) is 0 Å². The SMILES string of the molecule is CC(C)OC(OC(C)C)(OC(C)C)C(C)(C)O[SiH3]. The first-order chi connectivity index (χ1) is 8.06. The predicted octanol–water partition coefficient (Wildman–Crippen LogP) is 1.99. The van der Waals surface area contributed by atoms with Crippen molar-refractivity contribution in [2.45, 2.75) is 85.3 Å². The third-order valence-corrected chi connectivity index (χ3v) is 3.44. The van der Waals surface area contributed by atoms with Crippen LogP contribution in [0, 0.1) is 0 Å². The second-order valence-electron chi connectivity index (χ2n) is 5.77. The van der Waals surface area contributed by atoms with Gasteiger partial charge in [-0.3, -0.25) is 0 Å². The van der Waals surface area contributed by atoms with Gasteiger partial charge in [-0.15, -0.1) is 0 Å². The molecular formula is C13H30O4Si. The Morgan fingerprint density at radius 2 is 1.00 bits per heavy atom. The minimum Gasteiger partial charge on any atom is -0.415 e. The highest BCUT2D eigenvalue weighted by molar-refractivity contribution is 5.98. The van der Waals surface area contributed by atoms with E-state index in [9.17, 15) is 0 Å². The Kier molecular flexibility index (Phi) is 7.03. The van der Waals surface area contributed by atoms with Crippen LogP contribution in [-0.2, 0) is 18.6 Å². The second-order valence-corrected chi connectivity index (χ2v) is 6.18. The van der Waals surface area contributed by atoms with Crippen molar-refractivity contribution in [3.05, 3.63) is 0 Å². The van der Waals surface area contributed by atoms with Gasteiger partial charge in [-0.25, -0.2) is 0 Å². The number of ether oxygens (including phenoxy) is 3. The van der Waals surface area contributed by atoms with Gasteiger partial charge in [0.1, 0.15) is 16.1 Å². The van der Waals surface area contributed by atoms with Gasteiger partial charge in [-0.2, -0.15) is 0 Å². The van der Waals surface area contributed by atoms with E-state index in [4.69, 9.17) is 18.6 Å². The van der Waals surface area contributed by atoms with E-state index in [0.717, 1.165) is 0 Å². The van der Waals surface area contributed by atoms with Crippen LogP contribution in [-0.4, -0.2) is 40.4 Å². The summed E-state index contributed by atoms with van der Waals surface area (Å²) in [5.41, 5.74) is -0.655. The lowest BCUT2D eigenvalue weighted by atomic mass is 10.1. The van der Waals surface area contributed by atoms with E-state index < -0.39 is 11.6 Å². The third kappa shape index (κ3) is 4.97. The zero-order valence-electron chi connectivity index (χ0n) is 13.4. The standard InChI is InChI=1S/C13H30O4Si/c1-9(2)14-13(15-10(3)4,16-11(5)6)12(7,8)17-18/h9-11H,1-8,18H3. The van der Waals surface area contributed by atoms with Crippen molar-refractivity contribution in [2.24, 2.45) is 0 Å². The molecule has 0 aromatic carbocycles. The van der Waals surface area contributed by atoms with Gasteiger partial charge in [0.2, 0.25) is 0 Å². The molecule has 0 aliphatic carbocycles. The monoisotopic (exact) mass is 278 g/mol. The van der Waals surface area contributed by atoms with Crippen LogP contribution >= 0.6 is 0 Å². The molecule has 4 nitrogen and oxygen atoms in total. The third-order valence-electron chi connectivity index (χ3n) is 2.42. The molecule has 0 amide bonds. The smallest absolute Gasteiger partial charge is 0.312 e. The van der Waals surface area contributed by atoms with Gasteiger partial charge in [-0.1, -0.05) is 0 Å². The van der Waals surface area contributed by atoms with Crippen LogP contribution in [0.25, 0.3) is 0 Å². The van der Waals surface area contributed by atoms with Crippen molar-refractivity contribution in [3.8, 4) is 0 Å². The van der Waals surface area contributed by atoms with Crippen LogP contribution in [0.5, 0.6) is 0 Å². The minimum atomic E-state index is -1.18. The van der Waals surface area contributed by atoms with Crippen LogP contribution < -0.4 is 0 Å². The van der Waals surface area contributed by atoms with Gasteiger partial charge in [0.25, 0.3) is 0 Å². The molecule has 0 spiro atoms. The zero-order valence-corrected chi connectivity index (χ0v) is 15.4. The van der Waals surface area contributed by atoms with Crippen LogP contribution in [0.2, 0.25) is 0 Å². The lowest BCUT2D eigenvalue weighted by Gasteiger charge is -2.46. The molecule has 0 unspecified atom stereocenters. The molecule has 0 fully saturated rings. The maximum Gasteiger partial charge on any atom is 0.312 e. The molecular weight excluding hydrogens is 248 g/mol. The highest BCUT2D eigenvalue weighted by Crippen LogP contribution is 2.35. The van der Waals surface area contributed by atoms with E-state index in [-0.39, 0.29) is 18.3 Å². The molecule has 0 aliphatic rings. The molecule has 0 saturated carbocycles. The Bertz CT molecular complexity index is 213. The lowest BCUT2D eigenvalue weighted by Crippen LogP contribution is -2.60. The highest BCUT2D eigenvalue weighted by Gasteiger charge is 2.51. The average molecular weight is 278 g/mol. The maximum absolute atomic E-state index is 5.97. The van der Waals surface area contributed by atoms with Crippen molar-refractivity contribution >= 4 is 10.5 Å². The summed E-state index contributed by atoms with van der Waals surface area (Å²) >= 11 is 0. The van der Waals surface area contributed by atoms with Crippen molar-refractivity contribution in [1.29, 1.82) is 0 Å². The molecule has 0 radical (unpaired) electrons. The fourth-order valence-corrected chi connectivity index (χ4v) is 1.81. The van der Waals surface area contributed by atoms with E-state index in [0.29, 0.717) is 10.5 Å². The van der Waals surface area contributed by atoms with E-state index in [2.05, 4.69) is 0 Å². The van der Waals surface area contributed by atoms with Crippen molar-refractivity contribution in [3.63, 3.8) is 0 Å². The zero-order chi connectivity index (χ0) is 14.6. The summed E-state index contributed by atoms with van der Waals surface area (Å²) in [4.78, 5) is 0.